The molecule has 1 rings (SSSR count). The maximum atomic E-state index is 5.68. The van der Waals surface area contributed by atoms with Crippen molar-refractivity contribution in [1.82, 2.24) is 5.32 Å². The van der Waals surface area contributed by atoms with Crippen molar-refractivity contribution in [3.63, 3.8) is 0 Å². The van der Waals surface area contributed by atoms with E-state index in [0.29, 0.717) is 18.2 Å². The van der Waals surface area contributed by atoms with E-state index in [0.717, 1.165) is 25.3 Å². The van der Waals surface area contributed by atoms with Crippen molar-refractivity contribution in [3.8, 4) is 0 Å². The molecule has 0 amide bonds. The topological polar surface area (TPSA) is 21.3 Å². The first-order valence-electron chi connectivity index (χ1n) is 5.46. The molecule has 1 N–H and O–H groups in total. The summed E-state index contributed by atoms with van der Waals surface area (Å²) in [5.74, 6) is 0.744. The predicted molar refractivity (Wildman–Crippen MR) is 55.9 cm³/mol. The van der Waals surface area contributed by atoms with Gasteiger partial charge in [0, 0.05) is 6.04 Å². The van der Waals surface area contributed by atoms with Gasteiger partial charge >= 0.3 is 0 Å². The van der Waals surface area contributed by atoms with E-state index in [-0.39, 0.29) is 0 Å². The minimum atomic E-state index is 0.424. The molecular formula is C11H23NO. The lowest BCUT2D eigenvalue weighted by atomic mass is 9.99. The standard InChI is InChI=1S/C11H23NO/c1-8(2)7-12-11-5-9(3)13-10(4)6-11/h8-12H,5-7H2,1-4H3. The van der Waals surface area contributed by atoms with Crippen molar-refractivity contribution in [1.29, 1.82) is 0 Å². The van der Waals surface area contributed by atoms with E-state index in [9.17, 15) is 0 Å². The molecule has 0 saturated carbocycles. The van der Waals surface area contributed by atoms with E-state index in [1.54, 1.807) is 0 Å². The van der Waals surface area contributed by atoms with E-state index in [2.05, 4.69) is 33.0 Å². The van der Waals surface area contributed by atoms with E-state index in [1.807, 2.05) is 0 Å². The normalized spacial score (nSPS) is 35.3. The molecule has 2 atom stereocenters. The molecule has 0 aromatic heterocycles. The quantitative estimate of drug-likeness (QED) is 0.727. The van der Waals surface area contributed by atoms with Gasteiger partial charge < -0.3 is 10.1 Å². The van der Waals surface area contributed by atoms with Crippen LogP contribution >= 0.6 is 0 Å². The van der Waals surface area contributed by atoms with Crippen molar-refractivity contribution in [2.24, 2.45) is 5.92 Å². The first-order valence-corrected chi connectivity index (χ1v) is 5.46. The Labute approximate surface area is 82.0 Å². The molecule has 1 fully saturated rings. The summed E-state index contributed by atoms with van der Waals surface area (Å²) in [6, 6.07) is 0.668. The molecule has 0 spiro atoms. The summed E-state index contributed by atoms with van der Waals surface area (Å²) in [5, 5.41) is 3.60. The molecule has 1 saturated heterocycles. The molecule has 13 heavy (non-hydrogen) atoms. The van der Waals surface area contributed by atoms with Crippen molar-refractivity contribution < 1.29 is 4.74 Å². The van der Waals surface area contributed by atoms with Crippen molar-refractivity contribution >= 4 is 0 Å². The van der Waals surface area contributed by atoms with Crippen LogP contribution in [0.1, 0.15) is 40.5 Å². The third-order valence-corrected chi connectivity index (χ3v) is 2.51. The third kappa shape index (κ3) is 4.10. The third-order valence-electron chi connectivity index (χ3n) is 2.51. The molecule has 2 heteroatoms. The van der Waals surface area contributed by atoms with Crippen LogP contribution in [0.5, 0.6) is 0 Å². The molecule has 0 radical (unpaired) electrons. The van der Waals surface area contributed by atoms with Crippen LogP contribution < -0.4 is 5.32 Å². The average Bonchev–Trinajstić information content (AvgIpc) is 1.99. The highest BCUT2D eigenvalue weighted by Crippen LogP contribution is 2.18. The molecular weight excluding hydrogens is 162 g/mol. The largest absolute Gasteiger partial charge is 0.375 e. The lowest BCUT2D eigenvalue weighted by Crippen LogP contribution is -2.42. The van der Waals surface area contributed by atoms with Crippen LogP contribution in [-0.4, -0.2) is 24.8 Å². The van der Waals surface area contributed by atoms with E-state index in [1.165, 1.54) is 0 Å². The first kappa shape index (κ1) is 11.0. The van der Waals surface area contributed by atoms with Crippen molar-refractivity contribution in [2.45, 2.75) is 58.8 Å². The lowest BCUT2D eigenvalue weighted by molar-refractivity contribution is -0.0423. The summed E-state index contributed by atoms with van der Waals surface area (Å²) in [4.78, 5) is 0. The lowest BCUT2D eigenvalue weighted by Gasteiger charge is -2.33. The monoisotopic (exact) mass is 185 g/mol. The maximum absolute atomic E-state index is 5.68. The second-order valence-electron chi connectivity index (χ2n) is 4.73. The molecule has 0 aromatic rings. The zero-order chi connectivity index (χ0) is 9.84. The summed E-state index contributed by atoms with van der Waals surface area (Å²) < 4.78 is 5.68. The fourth-order valence-corrected chi connectivity index (χ4v) is 1.97. The smallest absolute Gasteiger partial charge is 0.0565 e. The highest BCUT2D eigenvalue weighted by molar-refractivity contribution is 4.78. The molecule has 2 unspecified atom stereocenters. The highest BCUT2D eigenvalue weighted by atomic mass is 16.5. The number of hydrogen-bond acceptors (Lipinski definition) is 2. The van der Waals surface area contributed by atoms with Crippen LogP contribution in [0.4, 0.5) is 0 Å². The van der Waals surface area contributed by atoms with E-state index >= 15 is 0 Å². The summed E-state index contributed by atoms with van der Waals surface area (Å²) in [6.07, 6.45) is 3.18. The molecule has 2 nitrogen and oxygen atoms in total. The minimum Gasteiger partial charge on any atom is -0.375 e. The Balaban J connectivity index is 2.25. The van der Waals surface area contributed by atoms with Gasteiger partial charge in [-0.1, -0.05) is 13.8 Å². The number of nitrogens with one attached hydrogen (secondary N) is 1. The molecule has 1 aliphatic heterocycles. The minimum absolute atomic E-state index is 0.424. The molecule has 0 aromatic carbocycles. The van der Waals surface area contributed by atoms with Crippen LogP contribution in [0.3, 0.4) is 0 Å². The molecule has 78 valence electrons. The molecule has 0 aliphatic carbocycles. The Kier molecular flexibility index (Phi) is 4.20. The summed E-state index contributed by atoms with van der Waals surface area (Å²) in [6.45, 7) is 9.96. The highest BCUT2D eigenvalue weighted by Gasteiger charge is 2.23. The second-order valence-corrected chi connectivity index (χ2v) is 4.73. The molecule has 0 bridgehead atoms. The van der Waals surface area contributed by atoms with Gasteiger partial charge in [0.1, 0.15) is 0 Å². The number of hydrogen-bond donors (Lipinski definition) is 1. The zero-order valence-corrected chi connectivity index (χ0v) is 9.34. The van der Waals surface area contributed by atoms with Crippen molar-refractivity contribution in [2.75, 3.05) is 6.54 Å². The van der Waals surface area contributed by atoms with E-state index < -0.39 is 0 Å². The fourth-order valence-electron chi connectivity index (χ4n) is 1.97. The van der Waals surface area contributed by atoms with Crippen LogP contribution in [0.2, 0.25) is 0 Å². The van der Waals surface area contributed by atoms with Gasteiger partial charge in [0.15, 0.2) is 0 Å². The number of ether oxygens (including phenoxy) is 1. The Hall–Kier alpha value is -0.0800. The van der Waals surface area contributed by atoms with Crippen LogP contribution in [0, 0.1) is 5.92 Å². The van der Waals surface area contributed by atoms with E-state index in [4.69, 9.17) is 4.74 Å². The Morgan fingerprint density at radius 1 is 1.23 bits per heavy atom. The summed E-state index contributed by atoms with van der Waals surface area (Å²) >= 11 is 0. The van der Waals surface area contributed by atoms with Gasteiger partial charge in [-0.2, -0.15) is 0 Å². The van der Waals surface area contributed by atoms with Gasteiger partial charge in [-0.15, -0.1) is 0 Å². The number of rotatable bonds is 3. The van der Waals surface area contributed by atoms with Gasteiger partial charge in [0.05, 0.1) is 12.2 Å². The van der Waals surface area contributed by atoms with Crippen LogP contribution in [0.15, 0.2) is 0 Å². The van der Waals surface area contributed by atoms with Gasteiger partial charge in [0.25, 0.3) is 0 Å². The Morgan fingerprint density at radius 2 is 1.77 bits per heavy atom. The van der Waals surface area contributed by atoms with Gasteiger partial charge in [-0.25, -0.2) is 0 Å². The predicted octanol–water partition coefficient (Wildman–Crippen LogP) is 2.19. The summed E-state index contributed by atoms with van der Waals surface area (Å²) in [5.41, 5.74) is 0. The van der Waals surface area contributed by atoms with Gasteiger partial charge in [-0.3, -0.25) is 0 Å². The SMILES string of the molecule is CC(C)CNC1CC(C)OC(C)C1. The fraction of sp³-hybridized carbons (Fsp3) is 1.00. The van der Waals surface area contributed by atoms with Crippen LogP contribution in [-0.2, 0) is 4.74 Å². The van der Waals surface area contributed by atoms with Crippen LogP contribution in [0.25, 0.3) is 0 Å². The van der Waals surface area contributed by atoms with Crippen molar-refractivity contribution in [3.05, 3.63) is 0 Å². The second kappa shape index (κ2) is 4.97. The Morgan fingerprint density at radius 3 is 2.23 bits per heavy atom. The summed E-state index contributed by atoms with van der Waals surface area (Å²) in [7, 11) is 0. The zero-order valence-electron chi connectivity index (χ0n) is 9.34. The van der Waals surface area contributed by atoms with Gasteiger partial charge in [0.2, 0.25) is 0 Å². The van der Waals surface area contributed by atoms with Gasteiger partial charge in [-0.05, 0) is 39.2 Å². The average molecular weight is 185 g/mol. The maximum Gasteiger partial charge on any atom is 0.0565 e. The first-order chi connectivity index (χ1) is 6.08. The molecule has 1 heterocycles. The Bertz CT molecular complexity index is 137. The molecule has 1 aliphatic rings.